The molecular formula is C18H21IN2O5S. The van der Waals surface area contributed by atoms with Gasteiger partial charge < -0.3 is 14.8 Å². The summed E-state index contributed by atoms with van der Waals surface area (Å²) in [7, 11) is -1.99. The van der Waals surface area contributed by atoms with Gasteiger partial charge in [0.25, 0.3) is 0 Å². The molecule has 2 aromatic rings. The number of methoxy groups -OCH3 is 1. The number of amides is 1. The molecule has 2 rings (SSSR count). The highest BCUT2D eigenvalue weighted by molar-refractivity contribution is 14.1. The Hall–Kier alpha value is -2.01. The molecule has 0 aromatic heterocycles. The molecule has 146 valence electrons. The van der Waals surface area contributed by atoms with Crippen LogP contribution >= 0.6 is 22.6 Å². The van der Waals surface area contributed by atoms with Gasteiger partial charge in [0.15, 0.2) is 0 Å². The van der Waals surface area contributed by atoms with Crippen molar-refractivity contribution < 1.29 is 22.7 Å². The first-order chi connectivity index (χ1) is 12.8. The zero-order valence-corrected chi connectivity index (χ0v) is 18.0. The minimum atomic E-state index is -3.58. The summed E-state index contributed by atoms with van der Waals surface area (Å²) in [6.07, 6.45) is 1.07. The van der Waals surface area contributed by atoms with Gasteiger partial charge in [-0.15, -0.1) is 0 Å². The fourth-order valence-corrected chi connectivity index (χ4v) is 3.44. The fourth-order valence-electron chi connectivity index (χ4n) is 2.22. The van der Waals surface area contributed by atoms with E-state index in [9.17, 15) is 13.2 Å². The molecule has 0 atom stereocenters. The average Bonchev–Trinajstić information content (AvgIpc) is 2.64. The Bertz CT molecular complexity index is 854. The first-order valence-corrected chi connectivity index (χ1v) is 11.0. The molecule has 0 aliphatic rings. The molecule has 0 radical (unpaired) electrons. The summed E-state index contributed by atoms with van der Waals surface area (Å²) in [6, 6.07) is 14.0. The third-order valence-corrected chi connectivity index (χ3v) is 5.41. The van der Waals surface area contributed by atoms with Gasteiger partial charge in [-0.2, -0.15) is 0 Å². The van der Waals surface area contributed by atoms with Crippen LogP contribution in [0.25, 0.3) is 0 Å². The van der Waals surface area contributed by atoms with E-state index in [0.29, 0.717) is 11.4 Å². The summed E-state index contributed by atoms with van der Waals surface area (Å²) in [5.41, 5.74) is 0.447. The monoisotopic (exact) mass is 504 g/mol. The molecule has 0 saturated heterocycles. The Balaban J connectivity index is 1.85. The van der Waals surface area contributed by atoms with Crippen LogP contribution in [-0.4, -0.2) is 47.4 Å². The van der Waals surface area contributed by atoms with Crippen LogP contribution in [-0.2, 0) is 14.8 Å². The number of nitrogens with zero attached hydrogens (tertiary/aromatic N) is 1. The number of carbonyl (C=O) groups is 1. The van der Waals surface area contributed by atoms with Crippen LogP contribution in [0.5, 0.6) is 11.5 Å². The minimum absolute atomic E-state index is 0.259. The lowest BCUT2D eigenvalue weighted by Gasteiger charge is -2.22. The van der Waals surface area contributed by atoms with E-state index < -0.39 is 15.9 Å². The Morgan fingerprint density at radius 3 is 2.22 bits per heavy atom. The predicted molar refractivity (Wildman–Crippen MR) is 113 cm³/mol. The predicted octanol–water partition coefficient (Wildman–Crippen LogP) is 2.26. The highest BCUT2D eigenvalue weighted by atomic mass is 127. The van der Waals surface area contributed by atoms with Crippen LogP contribution in [0.15, 0.2) is 48.5 Å². The Labute approximate surface area is 172 Å². The van der Waals surface area contributed by atoms with Gasteiger partial charge in [0.05, 0.1) is 25.6 Å². The zero-order chi connectivity index (χ0) is 19.9. The van der Waals surface area contributed by atoms with Crippen LogP contribution in [0.1, 0.15) is 0 Å². The van der Waals surface area contributed by atoms with Crippen molar-refractivity contribution in [1.82, 2.24) is 5.32 Å². The number of sulfonamides is 1. The van der Waals surface area contributed by atoms with Gasteiger partial charge in [-0.1, -0.05) is 0 Å². The highest BCUT2D eigenvalue weighted by Crippen LogP contribution is 2.19. The molecule has 1 N–H and O–H groups in total. The van der Waals surface area contributed by atoms with Gasteiger partial charge in [-0.05, 0) is 71.1 Å². The second-order valence-electron chi connectivity index (χ2n) is 5.62. The molecule has 0 fully saturated rings. The number of ether oxygens (including phenoxy) is 2. The molecule has 0 spiro atoms. The number of nitrogens with one attached hydrogen (secondary N) is 1. The summed E-state index contributed by atoms with van der Waals surface area (Å²) in [6.45, 7) is 0.234. The van der Waals surface area contributed by atoms with Gasteiger partial charge in [-0.3, -0.25) is 9.10 Å². The topological polar surface area (TPSA) is 84.9 Å². The van der Waals surface area contributed by atoms with Crippen molar-refractivity contribution in [1.29, 1.82) is 0 Å². The summed E-state index contributed by atoms with van der Waals surface area (Å²) in [5.74, 6) is 0.978. The van der Waals surface area contributed by atoms with Crippen LogP contribution in [0.4, 0.5) is 5.69 Å². The lowest BCUT2D eigenvalue weighted by Crippen LogP contribution is -2.41. The molecule has 0 unspecified atom stereocenters. The van der Waals surface area contributed by atoms with E-state index in [4.69, 9.17) is 9.47 Å². The van der Waals surface area contributed by atoms with E-state index in [2.05, 4.69) is 27.9 Å². The number of rotatable bonds is 9. The summed E-state index contributed by atoms with van der Waals surface area (Å²) in [4.78, 5) is 12.1. The maximum absolute atomic E-state index is 12.1. The van der Waals surface area contributed by atoms with E-state index in [1.165, 1.54) is 0 Å². The molecule has 0 heterocycles. The lowest BCUT2D eigenvalue weighted by atomic mass is 10.3. The molecular weight excluding hydrogens is 483 g/mol. The van der Waals surface area contributed by atoms with E-state index in [1.807, 2.05) is 0 Å². The maximum Gasteiger partial charge on any atom is 0.240 e. The Morgan fingerprint density at radius 1 is 1.07 bits per heavy atom. The lowest BCUT2D eigenvalue weighted by molar-refractivity contribution is -0.119. The maximum atomic E-state index is 12.1. The quantitative estimate of drug-likeness (QED) is 0.419. The van der Waals surface area contributed by atoms with E-state index in [0.717, 1.165) is 19.9 Å². The SMILES string of the molecule is COc1ccc(OCCNC(=O)CN(c2ccc(I)cc2)S(C)(=O)=O)cc1. The fraction of sp³-hybridized carbons (Fsp3) is 0.278. The second-order valence-corrected chi connectivity index (χ2v) is 8.77. The second kappa shape index (κ2) is 9.79. The number of anilines is 1. The highest BCUT2D eigenvalue weighted by Gasteiger charge is 2.20. The number of hydrogen-bond donors (Lipinski definition) is 1. The van der Waals surface area contributed by atoms with E-state index in [1.54, 1.807) is 55.6 Å². The van der Waals surface area contributed by atoms with Crippen molar-refractivity contribution in [3.63, 3.8) is 0 Å². The van der Waals surface area contributed by atoms with Gasteiger partial charge in [0.1, 0.15) is 24.7 Å². The van der Waals surface area contributed by atoms with E-state index in [-0.39, 0.29) is 19.7 Å². The van der Waals surface area contributed by atoms with Gasteiger partial charge in [0, 0.05) is 3.57 Å². The number of hydrogen-bond acceptors (Lipinski definition) is 5. The van der Waals surface area contributed by atoms with Crippen molar-refractivity contribution in [2.24, 2.45) is 0 Å². The minimum Gasteiger partial charge on any atom is -0.497 e. The molecule has 1 amide bonds. The molecule has 7 nitrogen and oxygen atoms in total. The van der Waals surface area contributed by atoms with E-state index >= 15 is 0 Å². The normalized spacial score (nSPS) is 10.9. The number of benzene rings is 2. The van der Waals surface area contributed by atoms with Crippen molar-refractivity contribution in [2.75, 3.05) is 37.4 Å². The first-order valence-electron chi connectivity index (χ1n) is 8.06. The first kappa shape index (κ1) is 21.3. The van der Waals surface area contributed by atoms with Crippen LogP contribution in [0.3, 0.4) is 0 Å². The molecule has 0 saturated carbocycles. The average molecular weight is 504 g/mol. The van der Waals surface area contributed by atoms with Gasteiger partial charge in [0.2, 0.25) is 15.9 Å². The molecule has 9 heteroatoms. The molecule has 2 aromatic carbocycles. The van der Waals surface area contributed by atoms with Gasteiger partial charge >= 0.3 is 0 Å². The van der Waals surface area contributed by atoms with Crippen molar-refractivity contribution in [3.8, 4) is 11.5 Å². The third-order valence-electron chi connectivity index (χ3n) is 3.55. The van der Waals surface area contributed by atoms with Crippen LogP contribution in [0.2, 0.25) is 0 Å². The zero-order valence-electron chi connectivity index (χ0n) is 15.0. The Morgan fingerprint density at radius 2 is 1.67 bits per heavy atom. The molecule has 0 bridgehead atoms. The molecule has 0 aliphatic heterocycles. The van der Waals surface area contributed by atoms with Crippen LogP contribution in [0, 0.1) is 3.57 Å². The largest absolute Gasteiger partial charge is 0.497 e. The number of halogens is 1. The Kier molecular flexibility index (Phi) is 7.72. The molecule has 27 heavy (non-hydrogen) atoms. The third kappa shape index (κ3) is 6.90. The van der Waals surface area contributed by atoms with Crippen molar-refractivity contribution >= 4 is 44.2 Å². The summed E-state index contributed by atoms with van der Waals surface area (Å²) >= 11 is 2.13. The van der Waals surface area contributed by atoms with Crippen molar-refractivity contribution in [3.05, 3.63) is 52.1 Å². The smallest absolute Gasteiger partial charge is 0.240 e. The molecule has 0 aliphatic carbocycles. The number of carbonyl (C=O) groups excluding carboxylic acids is 1. The summed E-state index contributed by atoms with van der Waals surface area (Å²) in [5, 5.41) is 2.66. The van der Waals surface area contributed by atoms with Crippen LogP contribution < -0.4 is 19.1 Å². The van der Waals surface area contributed by atoms with Gasteiger partial charge in [-0.25, -0.2) is 8.42 Å². The van der Waals surface area contributed by atoms with Crippen molar-refractivity contribution in [2.45, 2.75) is 0 Å². The standard InChI is InChI=1S/C18H21IN2O5S/c1-25-16-7-9-17(10-8-16)26-12-11-20-18(22)13-21(27(2,23)24)15-5-3-14(19)4-6-15/h3-10H,11-13H2,1-2H3,(H,20,22). The summed E-state index contributed by atoms with van der Waals surface area (Å²) < 4.78 is 36.7.